The number of nitrogens with zero attached hydrogens (tertiary/aromatic N) is 1. The second kappa shape index (κ2) is 8.15. The van der Waals surface area contributed by atoms with E-state index in [9.17, 15) is 13.6 Å². The molecule has 148 valence electrons. The van der Waals surface area contributed by atoms with Crippen molar-refractivity contribution >= 4 is 42.9 Å². The molecule has 0 aliphatic carbocycles. The second-order valence-electron chi connectivity index (χ2n) is 8.00. The normalized spacial score (nSPS) is 15.4. The van der Waals surface area contributed by atoms with Gasteiger partial charge in [0.05, 0.1) is 5.69 Å². The lowest BCUT2D eigenvalue weighted by Gasteiger charge is -2.20. The zero-order valence-corrected chi connectivity index (χ0v) is 17.8. The summed E-state index contributed by atoms with van der Waals surface area (Å²) in [6, 6.07) is 9.28. The fraction of sp³-hybridized carbons (Fsp3) is 0.286. The van der Waals surface area contributed by atoms with E-state index < -0.39 is 19.7 Å². The summed E-state index contributed by atoms with van der Waals surface area (Å²) >= 11 is 6.12. The summed E-state index contributed by atoms with van der Waals surface area (Å²) in [5, 5.41) is 0.497. The second-order valence-corrected chi connectivity index (χ2v) is 14.1. The molecule has 0 unspecified atom stereocenters. The third kappa shape index (κ3) is 4.87. The van der Waals surface area contributed by atoms with Gasteiger partial charge in [-0.15, -0.1) is 0 Å². The van der Waals surface area contributed by atoms with E-state index in [0.717, 1.165) is 12.1 Å². The predicted molar refractivity (Wildman–Crippen MR) is 112 cm³/mol. The number of carbonyl (C=O) groups excluding carboxylic acids is 1. The number of rotatable bonds is 6. The Hall–Kier alpha value is -2.02. The van der Waals surface area contributed by atoms with Crippen LogP contribution in [0.4, 0.5) is 14.5 Å². The van der Waals surface area contributed by atoms with E-state index in [-0.39, 0.29) is 18.2 Å². The van der Waals surface area contributed by atoms with Gasteiger partial charge in [0.15, 0.2) is 0 Å². The zero-order chi connectivity index (χ0) is 20.5. The number of anilines is 1. The lowest BCUT2D eigenvalue weighted by atomic mass is 10.0. The largest absolute Gasteiger partial charge is 0.361 e. The standard InChI is InChI=1S/C21H22ClF2NO2Si/c1-28(2,3)7-6-27-13-25-20-11-15(22)4-5-18(20)19(21(25)26)10-14-8-16(23)12-17(24)9-14/h4-5,8-12H,6-7,13H2,1-3H3/b19-10-. The predicted octanol–water partition coefficient (Wildman–Crippen LogP) is 5.82. The smallest absolute Gasteiger partial charge is 0.260 e. The molecule has 0 saturated carbocycles. The fourth-order valence-corrected chi connectivity index (χ4v) is 3.88. The molecule has 0 spiro atoms. The quantitative estimate of drug-likeness (QED) is 0.334. The van der Waals surface area contributed by atoms with Gasteiger partial charge in [-0.25, -0.2) is 8.78 Å². The molecule has 28 heavy (non-hydrogen) atoms. The molecule has 1 aliphatic rings. The lowest BCUT2D eigenvalue weighted by molar-refractivity contribution is -0.114. The van der Waals surface area contributed by atoms with Crippen LogP contribution in [0.5, 0.6) is 0 Å². The van der Waals surface area contributed by atoms with Crippen molar-refractivity contribution in [1.29, 1.82) is 0 Å². The highest BCUT2D eigenvalue weighted by Gasteiger charge is 2.32. The van der Waals surface area contributed by atoms with Gasteiger partial charge in [0.25, 0.3) is 5.91 Å². The highest BCUT2D eigenvalue weighted by atomic mass is 35.5. The number of fused-ring (bicyclic) bond motifs is 1. The molecule has 3 rings (SSSR count). The molecule has 1 amide bonds. The molecule has 0 fully saturated rings. The Bertz CT molecular complexity index is 920. The van der Waals surface area contributed by atoms with E-state index in [1.807, 2.05) is 0 Å². The van der Waals surface area contributed by atoms with Crippen molar-refractivity contribution in [2.24, 2.45) is 0 Å². The van der Waals surface area contributed by atoms with E-state index >= 15 is 0 Å². The first kappa shape index (κ1) is 20.7. The van der Waals surface area contributed by atoms with Gasteiger partial charge in [-0.2, -0.15) is 0 Å². The molecular weight excluding hydrogens is 400 g/mol. The van der Waals surface area contributed by atoms with E-state index in [4.69, 9.17) is 16.3 Å². The molecule has 7 heteroatoms. The number of hydrogen-bond acceptors (Lipinski definition) is 2. The van der Waals surface area contributed by atoms with Crippen molar-refractivity contribution in [3.8, 4) is 0 Å². The minimum absolute atomic E-state index is 0.103. The Morgan fingerprint density at radius 1 is 1.11 bits per heavy atom. The number of hydrogen-bond donors (Lipinski definition) is 0. The summed E-state index contributed by atoms with van der Waals surface area (Å²) in [7, 11) is -1.24. The highest BCUT2D eigenvalue weighted by Crippen LogP contribution is 2.39. The summed E-state index contributed by atoms with van der Waals surface area (Å²) < 4.78 is 32.8. The molecule has 0 bridgehead atoms. The maximum atomic E-state index is 13.5. The van der Waals surface area contributed by atoms with Gasteiger partial charge in [-0.1, -0.05) is 37.3 Å². The number of amides is 1. The van der Waals surface area contributed by atoms with Crippen LogP contribution in [0.3, 0.4) is 0 Å². The third-order valence-electron chi connectivity index (χ3n) is 4.43. The molecular formula is C21H22ClF2NO2Si. The first-order chi connectivity index (χ1) is 13.1. The summed E-state index contributed by atoms with van der Waals surface area (Å²) in [6.45, 7) is 7.44. The van der Waals surface area contributed by atoms with Crippen molar-refractivity contribution < 1.29 is 18.3 Å². The van der Waals surface area contributed by atoms with Crippen LogP contribution in [0.2, 0.25) is 30.7 Å². The Labute approximate surface area is 169 Å². The summed E-state index contributed by atoms with van der Waals surface area (Å²) in [6.07, 6.45) is 1.49. The Balaban J connectivity index is 1.89. The van der Waals surface area contributed by atoms with Crippen molar-refractivity contribution in [3.63, 3.8) is 0 Å². The fourth-order valence-electron chi connectivity index (χ4n) is 2.95. The molecule has 0 aromatic heterocycles. The topological polar surface area (TPSA) is 29.5 Å². The van der Waals surface area contributed by atoms with E-state index in [2.05, 4.69) is 19.6 Å². The third-order valence-corrected chi connectivity index (χ3v) is 6.37. The van der Waals surface area contributed by atoms with Gasteiger partial charge < -0.3 is 4.74 Å². The average Bonchev–Trinajstić information content (AvgIpc) is 2.81. The van der Waals surface area contributed by atoms with Crippen molar-refractivity contribution in [2.45, 2.75) is 25.7 Å². The first-order valence-electron chi connectivity index (χ1n) is 9.01. The van der Waals surface area contributed by atoms with Gasteiger partial charge in [0.1, 0.15) is 18.4 Å². The van der Waals surface area contributed by atoms with Crippen LogP contribution in [0, 0.1) is 11.6 Å². The maximum Gasteiger partial charge on any atom is 0.260 e. The molecule has 0 radical (unpaired) electrons. The Kier molecular flexibility index (Phi) is 6.03. The average molecular weight is 422 g/mol. The molecule has 2 aromatic carbocycles. The van der Waals surface area contributed by atoms with Crippen LogP contribution in [-0.2, 0) is 9.53 Å². The number of benzene rings is 2. The van der Waals surface area contributed by atoms with Crippen LogP contribution in [0.25, 0.3) is 11.6 Å². The first-order valence-corrected chi connectivity index (χ1v) is 13.1. The van der Waals surface area contributed by atoms with E-state index in [0.29, 0.717) is 28.5 Å². The van der Waals surface area contributed by atoms with Crippen molar-refractivity contribution in [1.82, 2.24) is 0 Å². The van der Waals surface area contributed by atoms with Crippen molar-refractivity contribution in [2.75, 3.05) is 18.2 Å². The minimum atomic E-state index is -1.24. The summed E-state index contributed by atoms with van der Waals surface area (Å²) in [5.74, 6) is -1.67. The monoisotopic (exact) mass is 421 g/mol. The Morgan fingerprint density at radius 3 is 2.43 bits per heavy atom. The van der Waals surface area contributed by atoms with Gasteiger partial charge in [-0.3, -0.25) is 9.69 Å². The Morgan fingerprint density at radius 2 is 1.79 bits per heavy atom. The number of carbonyl (C=O) groups is 1. The van der Waals surface area contributed by atoms with Crippen LogP contribution < -0.4 is 4.90 Å². The summed E-state index contributed by atoms with van der Waals surface area (Å²) in [5.41, 5.74) is 1.93. The molecule has 1 aliphatic heterocycles. The van der Waals surface area contributed by atoms with Gasteiger partial charge in [-0.05, 0) is 41.9 Å². The zero-order valence-electron chi connectivity index (χ0n) is 16.1. The van der Waals surface area contributed by atoms with E-state index in [1.54, 1.807) is 18.2 Å². The van der Waals surface area contributed by atoms with Crippen LogP contribution in [-0.4, -0.2) is 27.3 Å². The molecule has 2 aromatic rings. The van der Waals surface area contributed by atoms with Crippen LogP contribution in [0.15, 0.2) is 36.4 Å². The lowest BCUT2D eigenvalue weighted by Crippen LogP contribution is -2.30. The maximum absolute atomic E-state index is 13.5. The number of halogens is 3. The number of ether oxygens (including phenoxy) is 1. The van der Waals surface area contributed by atoms with Crippen molar-refractivity contribution in [3.05, 3.63) is 64.2 Å². The molecule has 0 saturated heterocycles. The van der Waals surface area contributed by atoms with E-state index in [1.165, 1.54) is 23.1 Å². The van der Waals surface area contributed by atoms with Crippen LogP contribution >= 0.6 is 11.6 Å². The molecule has 1 heterocycles. The van der Waals surface area contributed by atoms with Gasteiger partial charge in [0, 0.05) is 36.9 Å². The summed E-state index contributed by atoms with van der Waals surface area (Å²) in [4.78, 5) is 14.5. The highest BCUT2D eigenvalue weighted by molar-refractivity contribution is 6.76. The van der Waals surface area contributed by atoms with Crippen LogP contribution in [0.1, 0.15) is 11.1 Å². The van der Waals surface area contributed by atoms with Gasteiger partial charge in [0.2, 0.25) is 0 Å². The SMILES string of the molecule is C[Si](C)(C)CCOCN1C(=O)/C(=C\c2cc(F)cc(F)c2)c2ccc(Cl)cc21. The minimum Gasteiger partial charge on any atom is -0.361 e. The molecule has 0 atom stereocenters. The molecule has 3 nitrogen and oxygen atoms in total. The van der Waals surface area contributed by atoms with Gasteiger partial charge >= 0.3 is 0 Å². The molecule has 0 N–H and O–H groups in total.